The van der Waals surface area contributed by atoms with E-state index in [4.69, 9.17) is 0 Å². The Morgan fingerprint density at radius 3 is 2.55 bits per heavy atom. The molecule has 0 spiro atoms. The van der Waals surface area contributed by atoms with Gasteiger partial charge in [0.25, 0.3) is 5.91 Å². The van der Waals surface area contributed by atoms with E-state index < -0.39 is 28.0 Å². The highest BCUT2D eigenvalue weighted by molar-refractivity contribution is 7.98. The minimum atomic E-state index is -3.77. The number of hydrogen-bond acceptors (Lipinski definition) is 6. The molecule has 1 fully saturated rings. The van der Waals surface area contributed by atoms with E-state index in [-0.39, 0.29) is 10.1 Å². The van der Waals surface area contributed by atoms with E-state index in [1.54, 1.807) is 35.3 Å². The van der Waals surface area contributed by atoms with Crippen molar-refractivity contribution in [3.63, 3.8) is 0 Å². The van der Waals surface area contributed by atoms with Crippen molar-refractivity contribution in [2.24, 2.45) is 0 Å². The molecule has 33 heavy (non-hydrogen) atoms. The predicted octanol–water partition coefficient (Wildman–Crippen LogP) is 3.65. The third-order valence-corrected chi connectivity index (χ3v) is 9.56. The number of nitrogens with one attached hydrogen (secondary N) is 2. The highest BCUT2D eigenvalue weighted by Gasteiger charge is 2.46. The topological polar surface area (TPSA) is 95.6 Å². The van der Waals surface area contributed by atoms with Crippen molar-refractivity contribution >= 4 is 50.6 Å². The van der Waals surface area contributed by atoms with E-state index >= 15 is 0 Å². The van der Waals surface area contributed by atoms with Crippen molar-refractivity contribution in [2.75, 3.05) is 18.1 Å². The second kappa shape index (κ2) is 8.60. The Kier molecular flexibility index (Phi) is 5.77. The van der Waals surface area contributed by atoms with E-state index in [2.05, 4.69) is 10.0 Å². The van der Waals surface area contributed by atoms with Crippen LogP contribution in [0, 0.1) is 0 Å². The standard InChI is InChI=1S/C23H21N3O4S3/c1-31-16-7-4-14(5-8-16)15-6-9-18-17(13-15)23(28)26-11-10-19(21(26)22(27)24-18)25-33(29,30)20-3-2-12-32-20/h2-9,12-13,19,21,25H,10-11H2,1H3,(H,24,27)/t19-,21-/m0/s1. The second-order valence-electron chi connectivity index (χ2n) is 7.87. The van der Waals surface area contributed by atoms with Crippen LogP contribution in [0.3, 0.4) is 0 Å². The van der Waals surface area contributed by atoms with Gasteiger partial charge in [-0.2, -0.15) is 0 Å². The van der Waals surface area contributed by atoms with Crippen LogP contribution in [0.4, 0.5) is 5.69 Å². The summed E-state index contributed by atoms with van der Waals surface area (Å²) >= 11 is 2.76. The molecule has 7 nitrogen and oxygen atoms in total. The molecule has 10 heteroatoms. The second-order valence-corrected chi connectivity index (χ2v) is 11.6. The van der Waals surface area contributed by atoms with Crippen LogP contribution in [0.5, 0.6) is 0 Å². The molecule has 170 valence electrons. The van der Waals surface area contributed by atoms with Gasteiger partial charge in [-0.1, -0.05) is 24.3 Å². The number of carbonyl (C=O) groups excluding carboxylic acids is 2. The third-order valence-electron chi connectivity index (χ3n) is 5.93. The van der Waals surface area contributed by atoms with Crippen LogP contribution in [0.25, 0.3) is 11.1 Å². The Balaban J connectivity index is 1.44. The Labute approximate surface area is 200 Å². The molecule has 2 atom stereocenters. The summed E-state index contributed by atoms with van der Waals surface area (Å²) in [4.78, 5) is 29.1. The van der Waals surface area contributed by atoms with Gasteiger partial charge in [-0.05, 0) is 59.5 Å². The molecular weight excluding hydrogens is 478 g/mol. The molecule has 0 unspecified atom stereocenters. The zero-order chi connectivity index (χ0) is 23.2. The molecule has 3 heterocycles. The minimum absolute atomic E-state index is 0.182. The first-order chi connectivity index (χ1) is 15.9. The molecule has 5 rings (SSSR count). The number of amides is 2. The molecule has 2 amide bonds. The summed E-state index contributed by atoms with van der Waals surface area (Å²) in [7, 11) is -3.77. The largest absolute Gasteiger partial charge is 0.325 e. The first kappa shape index (κ1) is 22.1. The number of rotatable bonds is 5. The average molecular weight is 500 g/mol. The average Bonchev–Trinajstić information content (AvgIpc) is 3.48. The third kappa shape index (κ3) is 4.08. The molecule has 1 aromatic heterocycles. The monoisotopic (exact) mass is 499 g/mol. The predicted molar refractivity (Wildman–Crippen MR) is 130 cm³/mol. The maximum absolute atomic E-state index is 13.4. The summed E-state index contributed by atoms with van der Waals surface area (Å²) in [5.41, 5.74) is 2.68. The molecule has 2 aliphatic rings. The van der Waals surface area contributed by atoms with E-state index in [1.807, 2.05) is 36.6 Å². The van der Waals surface area contributed by atoms with Gasteiger partial charge in [-0.3, -0.25) is 9.59 Å². The summed E-state index contributed by atoms with van der Waals surface area (Å²) in [6, 6.07) is 15.0. The smallest absolute Gasteiger partial charge is 0.256 e. The van der Waals surface area contributed by atoms with Crippen LogP contribution in [0.15, 0.2) is 69.1 Å². The van der Waals surface area contributed by atoms with Crippen LogP contribution in [0.1, 0.15) is 16.8 Å². The highest BCUT2D eigenvalue weighted by atomic mass is 32.2. The molecular formula is C23H21N3O4S3. The summed E-state index contributed by atoms with van der Waals surface area (Å²) in [6.07, 6.45) is 2.37. The Morgan fingerprint density at radius 1 is 1.09 bits per heavy atom. The highest BCUT2D eigenvalue weighted by Crippen LogP contribution is 2.33. The van der Waals surface area contributed by atoms with Crippen molar-refractivity contribution in [3.8, 4) is 11.1 Å². The minimum Gasteiger partial charge on any atom is -0.325 e. The molecule has 2 N–H and O–H groups in total. The fourth-order valence-corrected chi connectivity index (χ4v) is 6.99. The normalized spacial score (nSPS) is 20.2. The Morgan fingerprint density at radius 2 is 1.85 bits per heavy atom. The number of benzene rings is 2. The van der Waals surface area contributed by atoms with Crippen molar-refractivity contribution in [1.82, 2.24) is 9.62 Å². The van der Waals surface area contributed by atoms with E-state index in [0.29, 0.717) is 24.2 Å². The molecule has 3 aromatic rings. The summed E-state index contributed by atoms with van der Waals surface area (Å²) < 4.78 is 28.3. The van der Waals surface area contributed by atoms with Crippen molar-refractivity contribution in [1.29, 1.82) is 0 Å². The van der Waals surface area contributed by atoms with Crippen LogP contribution in [-0.4, -0.2) is 50.0 Å². The van der Waals surface area contributed by atoms with Crippen LogP contribution < -0.4 is 10.0 Å². The van der Waals surface area contributed by atoms with Gasteiger partial charge in [-0.15, -0.1) is 23.1 Å². The van der Waals surface area contributed by atoms with Gasteiger partial charge >= 0.3 is 0 Å². The number of nitrogens with zero attached hydrogens (tertiary/aromatic N) is 1. The van der Waals surface area contributed by atoms with Gasteiger partial charge in [0.05, 0.1) is 17.3 Å². The van der Waals surface area contributed by atoms with E-state index in [9.17, 15) is 18.0 Å². The van der Waals surface area contributed by atoms with Crippen LogP contribution in [0.2, 0.25) is 0 Å². The first-order valence-electron chi connectivity index (χ1n) is 10.3. The molecule has 1 saturated heterocycles. The molecule has 0 bridgehead atoms. The molecule has 0 aliphatic carbocycles. The Hall–Kier alpha value is -2.66. The zero-order valence-corrected chi connectivity index (χ0v) is 20.1. The molecule has 0 saturated carbocycles. The number of hydrogen-bond donors (Lipinski definition) is 2. The van der Waals surface area contributed by atoms with Crippen LogP contribution >= 0.6 is 23.1 Å². The fourth-order valence-electron chi connectivity index (χ4n) is 4.30. The van der Waals surface area contributed by atoms with Crippen LogP contribution in [-0.2, 0) is 14.8 Å². The van der Waals surface area contributed by atoms with Gasteiger partial charge in [0.15, 0.2) is 0 Å². The lowest BCUT2D eigenvalue weighted by Gasteiger charge is -2.24. The van der Waals surface area contributed by atoms with Gasteiger partial charge < -0.3 is 10.2 Å². The van der Waals surface area contributed by atoms with Gasteiger partial charge in [0.2, 0.25) is 15.9 Å². The summed E-state index contributed by atoms with van der Waals surface area (Å²) in [5.74, 6) is -0.677. The Bertz CT molecular complexity index is 1320. The van der Waals surface area contributed by atoms with Gasteiger partial charge in [0, 0.05) is 11.4 Å². The maximum atomic E-state index is 13.4. The van der Waals surface area contributed by atoms with E-state index in [0.717, 1.165) is 27.4 Å². The SMILES string of the molecule is CSc1ccc(-c2ccc3c(c2)C(=O)N2CC[C@H](NS(=O)(=O)c4cccs4)[C@H]2C(=O)N3)cc1. The number of thiophene rings is 1. The number of thioether (sulfide) groups is 1. The molecule has 2 aliphatic heterocycles. The maximum Gasteiger partial charge on any atom is 0.256 e. The lowest BCUT2D eigenvalue weighted by atomic mass is 10.0. The quantitative estimate of drug-likeness (QED) is 0.523. The first-order valence-corrected chi connectivity index (χ1v) is 13.9. The van der Waals surface area contributed by atoms with Crippen molar-refractivity contribution in [3.05, 3.63) is 65.5 Å². The number of anilines is 1. The summed E-state index contributed by atoms with van der Waals surface area (Å²) in [6.45, 7) is 0.292. The van der Waals surface area contributed by atoms with Crippen molar-refractivity contribution in [2.45, 2.75) is 27.6 Å². The van der Waals surface area contributed by atoms with E-state index in [1.165, 1.54) is 11.0 Å². The summed E-state index contributed by atoms with van der Waals surface area (Å²) in [5, 5.41) is 4.52. The van der Waals surface area contributed by atoms with Gasteiger partial charge in [-0.25, -0.2) is 13.1 Å². The lowest BCUT2D eigenvalue weighted by molar-refractivity contribution is -0.120. The molecule has 2 aromatic carbocycles. The fraction of sp³-hybridized carbons (Fsp3) is 0.217. The number of fused-ring (bicyclic) bond motifs is 2. The molecule has 0 radical (unpaired) electrons. The van der Waals surface area contributed by atoms with Crippen molar-refractivity contribution < 1.29 is 18.0 Å². The van der Waals surface area contributed by atoms with Gasteiger partial charge in [0.1, 0.15) is 10.3 Å². The number of carbonyl (C=O) groups is 2. The zero-order valence-electron chi connectivity index (χ0n) is 17.6. The number of sulfonamides is 1. The lowest BCUT2D eigenvalue weighted by Crippen LogP contribution is -2.51.